The molecule has 3 aliphatic carbocycles. The van der Waals surface area contributed by atoms with Gasteiger partial charge in [-0.3, -0.25) is 0 Å². The molecule has 0 aromatic rings. The summed E-state index contributed by atoms with van der Waals surface area (Å²) in [7, 11) is 0. The van der Waals surface area contributed by atoms with Crippen molar-refractivity contribution in [2.24, 2.45) is 23.7 Å². The number of hydrogen-bond donors (Lipinski definition) is 0. The van der Waals surface area contributed by atoms with Crippen LogP contribution < -0.4 is 0 Å². The van der Waals surface area contributed by atoms with E-state index in [1.54, 1.807) is 0 Å². The zero-order valence-electron chi connectivity index (χ0n) is 6.85. The van der Waals surface area contributed by atoms with Crippen molar-refractivity contribution < 1.29 is 9.47 Å². The summed E-state index contributed by atoms with van der Waals surface area (Å²) in [5, 5.41) is 0. The molecule has 5 fully saturated rings. The molecular weight excluding hydrogens is 152 g/mol. The van der Waals surface area contributed by atoms with Crippen LogP contribution in [-0.4, -0.2) is 24.4 Å². The second-order valence-corrected chi connectivity index (χ2v) is 5.24. The van der Waals surface area contributed by atoms with Crippen LogP contribution in [0, 0.1) is 23.7 Å². The first-order valence-electron chi connectivity index (χ1n) is 5.24. The summed E-state index contributed by atoms with van der Waals surface area (Å²) in [6, 6.07) is 0. The maximum atomic E-state index is 5.69. The average molecular weight is 164 g/mol. The van der Waals surface area contributed by atoms with Crippen molar-refractivity contribution in [3.05, 3.63) is 0 Å². The average Bonchev–Trinajstić information content (AvgIpc) is 2.92. The SMILES string of the molecule is C1[C@@H]2[C@@H]3C[C@@H]4O[C@@H]4[C@H]3[C@H]1[C@H]1O[C@@H]21. The van der Waals surface area contributed by atoms with Crippen molar-refractivity contribution in [2.45, 2.75) is 37.3 Å². The molecule has 2 heterocycles. The lowest BCUT2D eigenvalue weighted by Crippen LogP contribution is -2.27. The number of rotatable bonds is 0. The van der Waals surface area contributed by atoms with Crippen molar-refractivity contribution in [3.8, 4) is 0 Å². The van der Waals surface area contributed by atoms with E-state index in [9.17, 15) is 0 Å². The second-order valence-electron chi connectivity index (χ2n) is 5.24. The molecular formula is C10H12O2. The van der Waals surface area contributed by atoms with Crippen molar-refractivity contribution in [1.29, 1.82) is 0 Å². The molecule has 0 aromatic carbocycles. The van der Waals surface area contributed by atoms with E-state index in [1.165, 1.54) is 12.8 Å². The molecule has 0 N–H and O–H groups in total. The lowest BCUT2D eigenvalue weighted by Gasteiger charge is -2.22. The van der Waals surface area contributed by atoms with E-state index < -0.39 is 0 Å². The van der Waals surface area contributed by atoms with Gasteiger partial charge in [-0.2, -0.15) is 0 Å². The first-order valence-corrected chi connectivity index (χ1v) is 5.24. The Bertz CT molecular complexity index is 273. The van der Waals surface area contributed by atoms with Crippen LogP contribution >= 0.6 is 0 Å². The van der Waals surface area contributed by atoms with Crippen molar-refractivity contribution in [1.82, 2.24) is 0 Å². The first kappa shape index (κ1) is 5.61. The van der Waals surface area contributed by atoms with Gasteiger partial charge in [0, 0.05) is 0 Å². The van der Waals surface area contributed by atoms with Crippen LogP contribution in [0.1, 0.15) is 12.8 Å². The minimum Gasteiger partial charge on any atom is -0.369 e. The van der Waals surface area contributed by atoms with Crippen LogP contribution in [0.25, 0.3) is 0 Å². The summed E-state index contributed by atoms with van der Waals surface area (Å²) in [6.45, 7) is 0. The Balaban J connectivity index is 1.66. The van der Waals surface area contributed by atoms with E-state index >= 15 is 0 Å². The summed E-state index contributed by atoms with van der Waals surface area (Å²) in [4.78, 5) is 0. The third-order valence-corrected chi connectivity index (χ3v) is 4.99. The third kappa shape index (κ3) is 0.409. The van der Waals surface area contributed by atoms with Crippen LogP contribution in [0.3, 0.4) is 0 Å². The van der Waals surface area contributed by atoms with E-state index in [4.69, 9.17) is 9.47 Å². The van der Waals surface area contributed by atoms with Crippen molar-refractivity contribution >= 4 is 0 Å². The van der Waals surface area contributed by atoms with Crippen LogP contribution in [0.2, 0.25) is 0 Å². The fraction of sp³-hybridized carbons (Fsp3) is 1.00. The second kappa shape index (κ2) is 1.38. The van der Waals surface area contributed by atoms with Gasteiger partial charge in [0.15, 0.2) is 0 Å². The smallest absolute Gasteiger partial charge is 0.0876 e. The fourth-order valence-corrected chi connectivity index (χ4v) is 4.58. The Morgan fingerprint density at radius 2 is 1.67 bits per heavy atom. The predicted octanol–water partition coefficient (Wildman–Crippen LogP) is 0.807. The topological polar surface area (TPSA) is 25.1 Å². The van der Waals surface area contributed by atoms with Crippen molar-refractivity contribution in [3.63, 3.8) is 0 Å². The van der Waals surface area contributed by atoms with Gasteiger partial charge in [0.25, 0.3) is 0 Å². The first-order chi connectivity index (χ1) is 5.93. The maximum absolute atomic E-state index is 5.69. The van der Waals surface area contributed by atoms with E-state index in [-0.39, 0.29) is 0 Å². The monoisotopic (exact) mass is 164 g/mol. The Morgan fingerprint density at radius 3 is 2.67 bits per heavy atom. The number of ether oxygens (including phenoxy) is 2. The molecule has 0 spiro atoms. The van der Waals surface area contributed by atoms with E-state index in [0.717, 1.165) is 23.7 Å². The lowest BCUT2D eigenvalue weighted by atomic mass is 9.81. The normalized spacial score (nSPS) is 80.0. The molecule has 12 heavy (non-hydrogen) atoms. The standard InChI is InChI=1S/C10H12O2/c1-4-3-2-6-10(11-6)7(3)5(1)9-8(4)12-9/h3-10H,1-2H2/t3-,4+,5-,6-,7+,8-,9+,10-/m0/s1. The molecule has 2 saturated heterocycles. The zero-order valence-corrected chi connectivity index (χ0v) is 6.85. The summed E-state index contributed by atoms with van der Waals surface area (Å²) >= 11 is 0. The molecule has 2 bridgehead atoms. The minimum absolute atomic E-state index is 0.676. The van der Waals surface area contributed by atoms with Crippen LogP contribution in [0.4, 0.5) is 0 Å². The molecule has 2 heteroatoms. The Morgan fingerprint density at radius 1 is 0.750 bits per heavy atom. The molecule has 8 atom stereocenters. The van der Waals surface area contributed by atoms with Gasteiger partial charge >= 0.3 is 0 Å². The molecule has 0 aromatic heterocycles. The summed E-state index contributed by atoms with van der Waals surface area (Å²) in [5.74, 6) is 3.77. The van der Waals surface area contributed by atoms with E-state index in [1.807, 2.05) is 0 Å². The highest BCUT2D eigenvalue weighted by Crippen LogP contribution is 2.69. The molecule has 64 valence electrons. The van der Waals surface area contributed by atoms with Gasteiger partial charge in [-0.1, -0.05) is 0 Å². The van der Waals surface area contributed by atoms with Gasteiger partial charge in [-0.15, -0.1) is 0 Å². The highest BCUT2D eigenvalue weighted by Gasteiger charge is 2.74. The number of hydrogen-bond acceptors (Lipinski definition) is 2. The van der Waals surface area contributed by atoms with Gasteiger partial charge in [0.2, 0.25) is 0 Å². The van der Waals surface area contributed by atoms with Gasteiger partial charge < -0.3 is 9.47 Å². The Hall–Kier alpha value is -0.0800. The van der Waals surface area contributed by atoms with Crippen LogP contribution in [0.15, 0.2) is 0 Å². The van der Waals surface area contributed by atoms with Crippen LogP contribution in [0.5, 0.6) is 0 Å². The lowest BCUT2D eigenvalue weighted by molar-refractivity contribution is 0.162. The Kier molecular flexibility index (Phi) is 0.644. The molecule has 2 nitrogen and oxygen atoms in total. The fourth-order valence-electron chi connectivity index (χ4n) is 4.58. The summed E-state index contributed by atoms with van der Waals surface area (Å²) in [6.07, 6.45) is 5.58. The molecule has 0 radical (unpaired) electrons. The molecule has 0 unspecified atom stereocenters. The number of fused-ring (bicyclic) bond motifs is 10. The summed E-state index contributed by atoms with van der Waals surface area (Å²) in [5.41, 5.74) is 0. The number of epoxide rings is 2. The molecule has 2 aliphatic heterocycles. The molecule has 3 saturated carbocycles. The van der Waals surface area contributed by atoms with E-state index in [0.29, 0.717) is 24.4 Å². The largest absolute Gasteiger partial charge is 0.369 e. The van der Waals surface area contributed by atoms with Gasteiger partial charge in [0.1, 0.15) is 0 Å². The molecule has 0 amide bonds. The maximum Gasteiger partial charge on any atom is 0.0876 e. The highest BCUT2D eigenvalue weighted by molar-refractivity contribution is 5.21. The highest BCUT2D eigenvalue weighted by atomic mass is 16.6. The quantitative estimate of drug-likeness (QED) is 0.495. The van der Waals surface area contributed by atoms with Crippen molar-refractivity contribution in [2.75, 3.05) is 0 Å². The minimum atomic E-state index is 0.676. The van der Waals surface area contributed by atoms with Gasteiger partial charge in [-0.05, 0) is 36.5 Å². The summed E-state index contributed by atoms with van der Waals surface area (Å²) < 4.78 is 11.3. The third-order valence-electron chi connectivity index (χ3n) is 4.99. The van der Waals surface area contributed by atoms with Gasteiger partial charge in [0.05, 0.1) is 24.4 Å². The molecule has 5 rings (SSSR count). The Labute approximate surface area is 71.2 Å². The van der Waals surface area contributed by atoms with Gasteiger partial charge in [-0.25, -0.2) is 0 Å². The predicted molar refractivity (Wildman–Crippen MR) is 40.5 cm³/mol. The molecule has 5 aliphatic rings. The van der Waals surface area contributed by atoms with Crippen LogP contribution in [-0.2, 0) is 9.47 Å². The van der Waals surface area contributed by atoms with E-state index in [2.05, 4.69) is 0 Å². The zero-order chi connectivity index (χ0) is 7.45.